The number of aromatic nitrogens is 4. The zero-order valence-corrected chi connectivity index (χ0v) is 20.0. The van der Waals surface area contributed by atoms with Crippen LogP contribution in [0.15, 0.2) is 42.6 Å². The average Bonchev–Trinajstić information content (AvgIpc) is 3.14. The van der Waals surface area contributed by atoms with Crippen LogP contribution in [0.3, 0.4) is 0 Å². The number of amides is 1. The molecular weight excluding hydrogens is 442 g/mol. The predicted octanol–water partition coefficient (Wildman–Crippen LogP) is 5.15. The molecule has 8 nitrogen and oxygen atoms in total. The van der Waals surface area contributed by atoms with Gasteiger partial charge >= 0.3 is 6.09 Å². The number of hydrogen-bond acceptors (Lipinski definition) is 6. The molecule has 0 aliphatic heterocycles. The number of alkyl carbamates (subject to hydrolysis) is 1. The minimum atomic E-state index is -0.405. The molecule has 0 unspecified atom stereocenters. The highest BCUT2D eigenvalue weighted by Gasteiger charge is 2.38. The Morgan fingerprint density at radius 1 is 1.18 bits per heavy atom. The summed E-state index contributed by atoms with van der Waals surface area (Å²) < 4.78 is 13.0. The largest absolute Gasteiger partial charge is 0.492 e. The third kappa shape index (κ3) is 5.27. The maximum atomic E-state index is 12.1. The molecule has 1 aliphatic carbocycles. The van der Waals surface area contributed by atoms with Crippen molar-refractivity contribution in [2.75, 3.05) is 6.61 Å². The van der Waals surface area contributed by atoms with E-state index in [4.69, 9.17) is 21.1 Å². The van der Waals surface area contributed by atoms with Crippen LogP contribution in [0.4, 0.5) is 4.79 Å². The highest BCUT2D eigenvalue weighted by molar-refractivity contribution is 6.32. The quantitative estimate of drug-likeness (QED) is 0.536. The van der Waals surface area contributed by atoms with Crippen LogP contribution >= 0.6 is 11.6 Å². The van der Waals surface area contributed by atoms with Gasteiger partial charge in [0, 0.05) is 11.5 Å². The number of carbonyl (C=O) groups excluding carboxylic acids is 1. The topological polar surface area (TPSA) is 91.2 Å². The second kappa shape index (κ2) is 9.39. The normalized spacial score (nSPS) is 17.8. The standard InChI is InChI=1S/C24H28ClN5O3/c1-5-32-16-10-11-19(26-14-16)22-29-28-21(30(22)20-9-7-6-8-18(20)25)15-12-17(13-15)33-23(31)27-24(2,3)4/h6-11,14-15,17H,5,12-13H2,1-4H3,(H,27,31). The Labute approximate surface area is 198 Å². The van der Waals surface area contributed by atoms with Crippen LogP contribution in [0, 0.1) is 0 Å². The second-order valence-corrected chi connectivity index (χ2v) is 9.46. The third-order valence-electron chi connectivity index (χ3n) is 5.27. The molecule has 2 heterocycles. The van der Waals surface area contributed by atoms with Crippen molar-refractivity contribution in [1.82, 2.24) is 25.1 Å². The fourth-order valence-electron chi connectivity index (χ4n) is 3.72. The Morgan fingerprint density at radius 3 is 2.58 bits per heavy atom. The Bertz CT molecular complexity index is 1120. The van der Waals surface area contributed by atoms with Crippen LogP contribution in [-0.2, 0) is 4.74 Å². The van der Waals surface area contributed by atoms with Gasteiger partial charge in [0.15, 0.2) is 5.82 Å². The van der Waals surface area contributed by atoms with Gasteiger partial charge in [-0.2, -0.15) is 0 Å². The zero-order chi connectivity index (χ0) is 23.6. The minimum Gasteiger partial charge on any atom is -0.492 e. The average molecular weight is 470 g/mol. The molecule has 3 aromatic rings. The summed E-state index contributed by atoms with van der Waals surface area (Å²) in [6.45, 7) is 8.25. The Morgan fingerprint density at radius 2 is 1.94 bits per heavy atom. The van der Waals surface area contributed by atoms with Crippen molar-refractivity contribution in [3.05, 3.63) is 53.4 Å². The number of ether oxygens (including phenoxy) is 2. The lowest BCUT2D eigenvalue weighted by molar-refractivity contribution is 0.0336. The molecule has 33 heavy (non-hydrogen) atoms. The first kappa shape index (κ1) is 23.0. The molecular formula is C24H28ClN5O3. The van der Waals surface area contributed by atoms with Crippen LogP contribution in [0.1, 0.15) is 52.3 Å². The molecule has 174 valence electrons. The van der Waals surface area contributed by atoms with Crippen LogP contribution in [-0.4, -0.2) is 44.1 Å². The smallest absolute Gasteiger partial charge is 0.407 e. The van der Waals surface area contributed by atoms with Gasteiger partial charge in [0.2, 0.25) is 0 Å². The van der Waals surface area contributed by atoms with E-state index >= 15 is 0 Å². The van der Waals surface area contributed by atoms with Gasteiger partial charge < -0.3 is 14.8 Å². The summed E-state index contributed by atoms with van der Waals surface area (Å²) in [5.41, 5.74) is 1.10. The molecule has 0 bridgehead atoms. The number of benzene rings is 1. The van der Waals surface area contributed by atoms with Gasteiger partial charge in [-0.25, -0.2) is 9.78 Å². The highest BCUT2D eigenvalue weighted by Crippen LogP contribution is 2.41. The molecule has 0 spiro atoms. The maximum Gasteiger partial charge on any atom is 0.407 e. The number of hydrogen-bond donors (Lipinski definition) is 1. The summed E-state index contributed by atoms with van der Waals surface area (Å²) in [7, 11) is 0. The van der Waals surface area contributed by atoms with Gasteiger partial charge in [-0.3, -0.25) is 4.57 Å². The zero-order valence-electron chi connectivity index (χ0n) is 19.2. The molecule has 2 aromatic heterocycles. The molecule has 0 saturated heterocycles. The van der Waals surface area contributed by atoms with E-state index in [9.17, 15) is 4.79 Å². The maximum absolute atomic E-state index is 12.1. The first-order chi connectivity index (χ1) is 15.7. The fraction of sp³-hybridized carbons (Fsp3) is 0.417. The lowest BCUT2D eigenvalue weighted by Gasteiger charge is -2.35. The second-order valence-electron chi connectivity index (χ2n) is 9.05. The molecule has 0 radical (unpaired) electrons. The van der Waals surface area contributed by atoms with E-state index in [2.05, 4.69) is 20.5 Å². The van der Waals surface area contributed by atoms with Crippen molar-refractivity contribution in [3.63, 3.8) is 0 Å². The van der Waals surface area contributed by atoms with Gasteiger partial charge in [0.25, 0.3) is 0 Å². The predicted molar refractivity (Wildman–Crippen MR) is 126 cm³/mol. The molecule has 1 fully saturated rings. The fourth-order valence-corrected chi connectivity index (χ4v) is 3.94. The number of pyridine rings is 1. The van der Waals surface area contributed by atoms with Crippen molar-refractivity contribution < 1.29 is 14.3 Å². The molecule has 1 N–H and O–H groups in total. The highest BCUT2D eigenvalue weighted by atomic mass is 35.5. The number of carbonyl (C=O) groups is 1. The van der Waals surface area contributed by atoms with Gasteiger partial charge in [-0.15, -0.1) is 10.2 Å². The molecule has 1 saturated carbocycles. The number of nitrogens with one attached hydrogen (secondary N) is 1. The molecule has 4 rings (SSSR count). The van der Waals surface area contributed by atoms with Crippen molar-refractivity contribution in [2.45, 2.75) is 58.1 Å². The van der Waals surface area contributed by atoms with E-state index in [0.717, 1.165) is 11.5 Å². The van der Waals surface area contributed by atoms with Gasteiger partial charge in [-0.1, -0.05) is 23.7 Å². The van der Waals surface area contributed by atoms with Crippen molar-refractivity contribution >= 4 is 17.7 Å². The Hall–Kier alpha value is -3.13. The van der Waals surface area contributed by atoms with E-state index in [1.54, 1.807) is 6.20 Å². The van der Waals surface area contributed by atoms with Gasteiger partial charge in [0.1, 0.15) is 23.4 Å². The van der Waals surface area contributed by atoms with E-state index in [0.29, 0.717) is 41.7 Å². The van der Waals surface area contributed by atoms with Crippen LogP contribution < -0.4 is 10.1 Å². The summed E-state index contributed by atoms with van der Waals surface area (Å²) in [4.78, 5) is 16.6. The van der Waals surface area contributed by atoms with Crippen molar-refractivity contribution in [3.8, 4) is 23.0 Å². The molecule has 1 amide bonds. The number of halogens is 1. The Kier molecular flexibility index (Phi) is 6.56. The lowest BCUT2D eigenvalue weighted by Crippen LogP contribution is -2.44. The lowest BCUT2D eigenvalue weighted by atomic mass is 9.81. The van der Waals surface area contributed by atoms with Crippen LogP contribution in [0.25, 0.3) is 17.2 Å². The number of nitrogens with zero attached hydrogens (tertiary/aromatic N) is 4. The number of rotatable bonds is 6. The third-order valence-corrected chi connectivity index (χ3v) is 5.59. The van der Waals surface area contributed by atoms with Crippen molar-refractivity contribution in [1.29, 1.82) is 0 Å². The SMILES string of the molecule is CCOc1ccc(-c2nnc(C3CC(OC(=O)NC(C)(C)C)C3)n2-c2ccccc2Cl)nc1. The number of para-hydroxylation sites is 1. The molecule has 1 aromatic carbocycles. The molecule has 1 aliphatic rings. The van der Waals surface area contributed by atoms with E-state index < -0.39 is 6.09 Å². The summed E-state index contributed by atoms with van der Waals surface area (Å²) in [6.07, 6.45) is 2.43. The van der Waals surface area contributed by atoms with E-state index in [1.807, 2.05) is 68.7 Å². The summed E-state index contributed by atoms with van der Waals surface area (Å²) in [5.74, 6) is 2.14. The van der Waals surface area contributed by atoms with Gasteiger partial charge in [-0.05, 0) is 64.8 Å². The summed E-state index contributed by atoms with van der Waals surface area (Å²) in [5, 5.41) is 12.4. The first-order valence-corrected chi connectivity index (χ1v) is 11.4. The van der Waals surface area contributed by atoms with E-state index in [1.165, 1.54) is 0 Å². The van der Waals surface area contributed by atoms with Crippen LogP contribution in [0.2, 0.25) is 5.02 Å². The minimum absolute atomic E-state index is 0.0812. The Balaban J connectivity index is 1.59. The summed E-state index contributed by atoms with van der Waals surface area (Å²) in [6, 6.07) is 11.3. The molecule has 9 heteroatoms. The van der Waals surface area contributed by atoms with E-state index in [-0.39, 0.29) is 17.6 Å². The van der Waals surface area contributed by atoms with Crippen LogP contribution in [0.5, 0.6) is 5.75 Å². The summed E-state index contributed by atoms with van der Waals surface area (Å²) >= 11 is 6.54. The molecule has 0 atom stereocenters. The monoisotopic (exact) mass is 469 g/mol. The van der Waals surface area contributed by atoms with Crippen molar-refractivity contribution in [2.24, 2.45) is 0 Å². The van der Waals surface area contributed by atoms with Gasteiger partial charge in [0.05, 0.1) is 23.5 Å². The first-order valence-electron chi connectivity index (χ1n) is 11.0.